The molecule has 3 aromatic rings. The van der Waals surface area contributed by atoms with Crippen LogP contribution < -0.4 is 10.6 Å². The Morgan fingerprint density at radius 3 is 2.62 bits per heavy atom. The number of rotatable bonds is 6. The molecule has 2 aromatic heterocycles. The van der Waals surface area contributed by atoms with Crippen LogP contribution in [-0.4, -0.2) is 37.8 Å². The summed E-state index contributed by atoms with van der Waals surface area (Å²) in [4.78, 5) is 26.3. The molecule has 0 aliphatic heterocycles. The zero-order chi connectivity index (χ0) is 22.7. The number of hydrogen-bond donors (Lipinski definition) is 2. The normalized spacial score (nSPS) is 16.1. The Morgan fingerprint density at radius 2 is 1.94 bits per heavy atom. The molecule has 0 bridgehead atoms. The minimum Gasteiger partial charge on any atom is -0.338 e. The van der Waals surface area contributed by atoms with Crippen LogP contribution in [0.4, 0.5) is 5.13 Å². The predicted molar refractivity (Wildman–Crippen MR) is 126 cm³/mol. The highest BCUT2D eigenvalue weighted by atomic mass is 32.1. The van der Waals surface area contributed by atoms with Gasteiger partial charge >= 0.3 is 0 Å². The van der Waals surface area contributed by atoms with Crippen LogP contribution in [0.5, 0.6) is 0 Å². The smallest absolute Gasteiger partial charge is 0.273 e. The largest absolute Gasteiger partial charge is 0.338 e. The van der Waals surface area contributed by atoms with Gasteiger partial charge in [0, 0.05) is 11.9 Å². The summed E-state index contributed by atoms with van der Waals surface area (Å²) in [5, 5.41) is 19.2. The third-order valence-electron chi connectivity index (χ3n) is 6.02. The molecule has 0 saturated heterocycles. The van der Waals surface area contributed by atoms with Crippen LogP contribution in [0.3, 0.4) is 0 Å². The first kappa shape index (κ1) is 22.4. The number of amides is 2. The highest BCUT2D eigenvalue weighted by Gasteiger charge is 2.34. The molecule has 170 valence electrons. The van der Waals surface area contributed by atoms with Crippen molar-refractivity contribution in [3.63, 3.8) is 0 Å². The molecule has 8 nitrogen and oxygen atoms in total. The van der Waals surface area contributed by atoms with Crippen LogP contribution in [0, 0.1) is 11.3 Å². The molecule has 32 heavy (non-hydrogen) atoms. The van der Waals surface area contributed by atoms with Gasteiger partial charge in [-0.3, -0.25) is 19.6 Å². The van der Waals surface area contributed by atoms with Crippen molar-refractivity contribution in [2.24, 2.45) is 11.3 Å². The fourth-order valence-corrected chi connectivity index (χ4v) is 4.78. The summed E-state index contributed by atoms with van der Waals surface area (Å²) in [7, 11) is 0. The molecule has 2 amide bonds. The second-order valence-corrected chi connectivity index (χ2v) is 10.4. The van der Waals surface area contributed by atoms with Crippen LogP contribution in [0.25, 0.3) is 10.9 Å². The van der Waals surface area contributed by atoms with E-state index in [-0.39, 0.29) is 11.8 Å². The summed E-state index contributed by atoms with van der Waals surface area (Å²) in [5.41, 5.74) is 2.35. The highest BCUT2D eigenvalue weighted by Crippen LogP contribution is 2.28. The van der Waals surface area contributed by atoms with E-state index in [1.165, 1.54) is 43.4 Å². The van der Waals surface area contributed by atoms with Crippen molar-refractivity contribution in [3.8, 4) is 0 Å². The average molecular weight is 455 g/mol. The Labute approximate surface area is 191 Å². The van der Waals surface area contributed by atoms with Crippen molar-refractivity contribution < 1.29 is 9.59 Å². The zero-order valence-electron chi connectivity index (χ0n) is 18.8. The van der Waals surface area contributed by atoms with Gasteiger partial charge in [0.05, 0.1) is 5.52 Å². The Bertz CT molecular complexity index is 1080. The van der Waals surface area contributed by atoms with E-state index in [0.29, 0.717) is 16.7 Å². The highest BCUT2D eigenvalue weighted by molar-refractivity contribution is 7.13. The third kappa shape index (κ3) is 4.98. The van der Waals surface area contributed by atoms with Gasteiger partial charge < -0.3 is 5.32 Å². The fraction of sp³-hybridized carbons (Fsp3) is 0.522. The fourth-order valence-electron chi connectivity index (χ4n) is 4.33. The Morgan fingerprint density at radius 1 is 1.19 bits per heavy atom. The molecule has 1 saturated carbocycles. The molecule has 1 aliphatic rings. The van der Waals surface area contributed by atoms with E-state index >= 15 is 0 Å². The molecule has 9 heteroatoms. The number of aromatic nitrogens is 4. The van der Waals surface area contributed by atoms with Gasteiger partial charge in [0.2, 0.25) is 11.0 Å². The maximum absolute atomic E-state index is 13.3. The first-order chi connectivity index (χ1) is 15.3. The number of carbonyl (C=O) groups is 2. The second kappa shape index (κ2) is 9.36. The van der Waals surface area contributed by atoms with Crippen molar-refractivity contribution in [2.45, 2.75) is 65.5 Å². The predicted octanol–water partition coefficient (Wildman–Crippen LogP) is 4.25. The number of nitrogens with zero attached hydrogens (tertiary/aromatic N) is 4. The number of fused-ring (bicyclic) bond motifs is 1. The first-order valence-corrected chi connectivity index (χ1v) is 12.0. The number of benzene rings is 1. The van der Waals surface area contributed by atoms with Gasteiger partial charge in [-0.15, -0.1) is 10.2 Å². The minimum absolute atomic E-state index is 0.325. The molecule has 2 heterocycles. The summed E-state index contributed by atoms with van der Waals surface area (Å²) in [6.45, 7) is 6.56. The number of para-hydroxylation sites is 1. The molecule has 0 radical (unpaired) electrons. The Hall–Kier alpha value is -2.81. The lowest BCUT2D eigenvalue weighted by Gasteiger charge is -2.29. The van der Waals surface area contributed by atoms with Crippen LogP contribution in [-0.2, 0) is 11.3 Å². The SMILES string of the molecule is CC(C)(C)C(NC(=O)c1nn(CC2CCCCC2)c2ccccc12)C(=O)Nc1nncs1. The van der Waals surface area contributed by atoms with Crippen LogP contribution in [0.15, 0.2) is 29.8 Å². The van der Waals surface area contributed by atoms with Gasteiger partial charge in [-0.05, 0) is 30.2 Å². The zero-order valence-corrected chi connectivity index (χ0v) is 19.6. The number of carbonyl (C=O) groups excluding carboxylic acids is 2. The number of nitrogens with one attached hydrogen (secondary N) is 2. The van der Waals surface area contributed by atoms with Gasteiger partial charge in [0.1, 0.15) is 11.6 Å². The quantitative estimate of drug-likeness (QED) is 0.580. The van der Waals surface area contributed by atoms with E-state index < -0.39 is 11.5 Å². The van der Waals surface area contributed by atoms with Crippen LogP contribution >= 0.6 is 11.3 Å². The van der Waals surface area contributed by atoms with Crippen LogP contribution in [0.1, 0.15) is 63.4 Å². The summed E-state index contributed by atoms with van der Waals surface area (Å²) >= 11 is 1.23. The Kier molecular flexibility index (Phi) is 6.55. The molecule has 1 fully saturated rings. The second-order valence-electron chi connectivity index (χ2n) is 9.56. The van der Waals surface area contributed by atoms with Gasteiger partial charge in [0.25, 0.3) is 5.91 Å². The molecule has 1 unspecified atom stereocenters. The monoisotopic (exact) mass is 454 g/mol. The van der Waals surface area contributed by atoms with E-state index in [1.807, 2.05) is 49.7 Å². The molecule has 0 spiro atoms. The molecule has 1 aliphatic carbocycles. The standard InChI is InChI=1S/C23H30N6O2S/c1-23(2,3)19(21(31)26-22-27-24-14-32-22)25-20(30)18-16-11-7-8-12-17(16)29(28-18)13-15-9-5-4-6-10-15/h7-8,11-12,14-15,19H,4-6,9-10,13H2,1-3H3,(H,25,30)(H,26,27,31). The van der Waals surface area contributed by atoms with E-state index in [9.17, 15) is 9.59 Å². The topological polar surface area (TPSA) is 102 Å². The van der Waals surface area contributed by atoms with E-state index in [1.54, 1.807) is 5.51 Å². The summed E-state index contributed by atoms with van der Waals surface area (Å²) in [6, 6.07) is 7.04. The maximum Gasteiger partial charge on any atom is 0.273 e. The third-order valence-corrected chi connectivity index (χ3v) is 6.63. The van der Waals surface area contributed by atoms with Gasteiger partial charge in [-0.25, -0.2) is 0 Å². The first-order valence-electron chi connectivity index (χ1n) is 11.2. The maximum atomic E-state index is 13.3. The van der Waals surface area contributed by atoms with Gasteiger partial charge in [-0.1, -0.05) is 69.6 Å². The van der Waals surface area contributed by atoms with Gasteiger partial charge in [-0.2, -0.15) is 5.10 Å². The minimum atomic E-state index is -0.763. The lowest BCUT2D eigenvalue weighted by Crippen LogP contribution is -2.51. The molecular formula is C23H30N6O2S. The van der Waals surface area contributed by atoms with E-state index in [0.717, 1.165) is 17.4 Å². The van der Waals surface area contributed by atoms with Crippen molar-refractivity contribution in [1.82, 2.24) is 25.3 Å². The average Bonchev–Trinajstić information content (AvgIpc) is 3.40. The van der Waals surface area contributed by atoms with Gasteiger partial charge in [0.15, 0.2) is 5.69 Å². The molecule has 1 atom stereocenters. The van der Waals surface area contributed by atoms with E-state index in [2.05, 4.69) is 20.8 Å². The van der Waals surface area contributed by atoms with Crippen molar-refractivity contribution in [2.75, 3.05) is 5.32 Å². The lowest BCUT2D eigenvalue weighted by molar-refractivity contribution is -0.120. The molecule has 2 N–H and O–H groups in total. The van der Waals surface area contributed by atoms with Crippen molar-refractivity contribution in [1.29, 1.82) is 0 Å². The summed E-state index contributed by atoms with van der Waals surface area (Å²) in [5.74, 6) is -0.0903. The summed E-state index contributed by atoms with van der Waals surface area (Å²) in [6.07, 6.45) is 6.22. The molecule has 4 rings (SSSR count). The lowest BCUT2D eigenvalue weighted by atomic mass is 9.86. The number of anilines is 1. The Balaban J connectivity index is 1.58. The summed E-state index contributed by atoms with van der Waals surface area (Å²) < 4.78 is 1.97. The van der Waals surface area contributed by atoms with Crippen LogP contribution in [0.2, 0.25) is 0 Å². The van der Waals surface area contributed by atoms with E-state index in [4.69, 9.17) is 5.10 Å². The van der Waals surface area contributed by atoms with Crippen molar-refractivity contribution in [3.05, 3.63) is 35.5 Å². The molecule has 1 aromatic carbocycles. The number of hydrogen-bond acceptors (Lipinski definition) is 6. The molecular weight excluding hydrogens is 424 g/mol. The van der Waals surface area contributed by atoms with Crippen molar-refractivity contribution >= 4 is 39.2 Å².